The number of nitrogens with one attached hydrogen (secondary N) is 1. The van der Waals surface area contributed by atoms with Gasteiger partial charge in [-0.2, -0.15) is 0 Å². The lowest BCUT2D eigenvalue weighted by Crippen LogP contribution is -2.22. The number of carbonyl (C=O) groups excluding carboxylic acids is 1. The van der Waals surface area contributed by atoms with E-state index in [0.717, 1.165) is 27.6 Å². The normalized spacial score (nSPS) is 12.5. The maximum Gasteiger partial charge on any atom is 0.280 e. The van der Waals surface area contributed by atoms with Gasteiger partial charge in [-0.25, -0.2) is 4.98 Å². The molecule has 0 unspecified atom stereocenters. The molecule has 0 radical (unpaired) electrons. The number of nitrogens with zero attached hydrogens (tertiary/aromatic N) is 1. The van der Waals surface area contributed by atoms with Gasteiger partial charge in [0.1, 0.15) is 0 Å². The molecule has 1 N–H and O–H groups in total. The highest BCUT2D eigenvalue weighted by Gasteiger charge is 2.15. The van der Waals surface area contributed by atoms with Gasteiger partial charge in [0, 0.05) is 11.4 Å². The first-order chi connectivity index (χ1) is 9.63. The predicted octanol–water partition coefficient (Wildman–Crippen LogP) is 2.42. The van der Waals surface area contributed by atoms with Crippen molar-refractivity contribution in [1.29, 1.82) is 0 Å². The van der Waals surface area contributed by atoms with Crippen LogP contribution >= 0.6 is 11.3 Å². The molecule has 1 aliphatic rings. The number of hydrogen-bond donors (Lipinski definition) is 1. The van der Waals surface area contributed by atoms with Crippen LogP contribution in [0.1, 0.15) is 25.9 Å². The second kappa shape index (κ2) is 5.13. The molecule has 2 heterocycles. The van der Waals surface area contributed by atoms with Crippen LogP contribution in [0.5, 0.6) is 11.5 Å². The minimum Gasteiger partial charge on any atom is -0.454 e. The summed E-state index contributed by atoms with van der Waals surface area (Å²) >= 11 is 1.41. The van der Waals surface area contributed by atoms with E-state index in [2.05, 4.69) is 10.3 Å². The SMILES string of the molecule is Cc1nc(C(=O)NCc2ccc3c(c2)OCO3)sc1C. The van der Waals surface area contributed by atoms with Crippen LogP contribution in [-0.4, -0.2) is 17.7 Å². The monoisotopic (exact) mass is 290 g/mol. The Morgan fingerprint density at radius 1 is 1.35 bits per heavy atom. The van der Waals surface area contributed by atoms with Crippen molar-refractivity contribution in [2.45, 2.75) is 20.4 Å². The molecular formula is C14H14N2O3S. The molecule has 0 saturated carbocycles. The molecule has 20 heavy (non-hydrogen) atoms. The Hall–Kier alpha value is -2.08. The number of ether oxygens (including phenoxy) is 2. The number of aryl methyl sites for hydroxylation is 2. The molecule has 1 amide bonds. The number of thiazole rings is 1. The van der Waals surface area contributed by atoms with Gasteiger partial charge in [0.15, 0.2) is 16.5 Å². The van der Waals surface area contributed by atoms with E-state index in [1.54, 1.807) is 0 Å². The standard InChI is InChI=1S/C14H14N2O3S/c1-8-9(2)20-14(16-8)13(17)15-6-10-3-4-11-12(5-10)19-7-18-11/h3-5H,6-7H2,1-2H3,(H,15,17). The van der Waals surface area contributed by atoms with E-state index in [0.29, 0.717) is 11.6 Å². The minimum absolute atomic E-state index is 0.149. The van der Waals surface area contributed by atoms with Crippen molar-refractivity contribution in [2.24, 2.45) is 0 Å². The number of carbonyl (C=O) groups is 1. The first kappa shape index (κ1) is 12.9. The minimum atomic E-state index is -0.149. The molecule has 6 heteroatoms. The van der Waals surface area contributed by atoms with Gasteiger partial charge in [0.2, 0.25) is 6.79 Å². The third kappa shape index (κ3) is 2.46. The van der Waals surface area contributed by atoms with Gasteiger partial charge in [-0.3, -0.25) is 4.79 Å². The van der Waals surface area contributed by atoms with E-state index in [-0.39, 0.29) is 12.7 Å². The summed E-state index contributed by atoms with van der Waals surface area (Å²) in [5.41, 5.74) is 1.87. The highest BCUT2D eigenvalue weighted by Crippen LogP contribution is 2.32. The van der Waals surface area contributed by atoms with E-state index < -0.39 is 0 Å². The lowest BCUT2D eigenvalue weighted by molar-refractivity contribution is 0.0950. The lowest BCUT2D eigenvalue weighted by atomic mass is 10.2. The molecule has 3 rings (SSSR count). The van der Waals surface area contributed by atoms with Crippen molar-refractivity contribution in [1.82, 2.24) is 10.3 Å². The van der Waals surface area contributed by atoms with E-state index in [1.165, 1.54) is 11.3 Å². The second-order valence-electron chi connectivity index (χ2n) is 4.53. The van der Waals surface area contributed by atoms with Crippen LogP contribution in [0.4, 0.5) is 0 Å². The Kier molecular flexibility index (Phi) is 3.31. The largest absolute Gasteiger partial charge is 0.454 e. The van der Waals surface area contributed by atoms with E-state index >= 15 is 0 Å². The number of hydrogen-bond acceptors (Lipinski definition) is 5. The van der Waals surface area contributed by atoms with E-state index in [4.69, 9.17) is 9.47 Å². The highest BCUT2D eigenvalue weighted by atomic mass is 32.1. The predicted molar refractivity (Wildman–Crippen MR) is 75.3 cm³/mol. The Balaban J connectivity index is 1.66. The number of fused-ring (bicyclic) bond motifs is 1. The van der Waals surface area contributed by atoms with Crippen molar-refractivity contribution < 1.29 is 14.3 Å². The highest BCUT2D eigenvalue weighted by molar-refractivity contribution is 7.13. The molecule has 0 aliphatic carbocycles. The third-order valence-electron chi connectivity index (χ3n) is 3.11. The van der Waals surface area contributed by atoms with Gasteiger partial charge in [0.05, 0.1) is 5.69 Å². The van der Waals surface area contributed by atoms with Crippen LogP contribution in [0, 0.1) is 13.8 Å². The van der Waals surface area contributed by atoms with Crippen molar-refractivity contribution in [3.63, 3.8) is 0 Å². The fourth-order valence-electron chi connectivity index (χ4n) is 1.88. The van der Waals surface area contributed by atoms with Gasteiger partial charge in [-0.05, 0) is 31.5 Å². The lowest BCUT2D eigenvalue weighted by Gasteiger charge is -2.04. The molecule has 104 valence electrons. The van der Waals surface area contributed by atoms with Gasteiger partial charge >= 0.3 is 0 Å². The second-order valence-corrected chi connectivity index (χ2v) is 5.73. The Labute approximate surface area is 120 Å². The number of benzene rings is 1. The van der Waals surface area contributed by atoms with Crippen molar-refractivity contribution >= 4 is 17.2 Å². The van der Waals surface area contributed by atoms with Crippen LogP contribution in [-0.2, 0) is 6.54 Å². The van der Waals surface area contributed by atoms with Crippen molar-refractivity contribution in [3.8, 4) is 11.5 Å². The molecule has 1 aromatic carbocycles. The number of aromatic nitrogens is 1. The van der Waals surface area contributed by atoms with Crippen LogP contribution in [0.15, 0.2) is 18.2 Å². The maximum absolute atomic E-state index is 12.0. The van der Waals surface area contributed by atoms with Crippen LogP contribution < -0.4 is 14.8 Å². The molecule has 0 atom stereocenters. The Bertz CT molecular complexity index is 647. The molecule has 0 saturated heterocycles. The molecular weight excluding hydrogens is 276 g/mol. The van der Waals surface area contributed by atoms with E-state index in [9.17, 15) is 4.79 Å². The van der Waals surface area contributed by atoms with E-state index in [1.807, 2.05) is 32.0 Å². The number of amides is 1. The zero-order valence-corrected chi connectivity index (χ0v) is 12.0. The summed E-state index contributed by atoms with van der Waals surface area (Å²) in [4.78, 5) is 17.3. The molecule has 2 aromatic rings. The average Bonchev–Trinajstić information content (AvgIpc) is 3.03. The molecule has 5 nitrogen and oxygen atoms in total. The van der Waals surface area contributed by atoms with Gasteiger partial charge in [-0.1, -0.05) is 6.07 Å². The summed E-state index contributed by atoms with van der Waals surface area (Å²) in [5, 5.41) is 3.36. The summed E-state index contributed by atoms with van der Waals surface area (Å²) in [5.74, 6) is 1.31. The Morgan fingerprint density at radius 2 is 2.15 bits per heavy atom. The molecule has 0 spiro atoms. The smallest absolute Gasteiger partial charge is 0.280 e. The average molecular weight is 290 g/mol. The maximum atomic E-state index is 12.0. The van der Waals surface area contributed by atoms with Crippen molar-refractivity contribution in [2.75, 3.05) is 6.79 Å². The zero-order chi connectivity index (χ0) is 14.1. The quantitative estimate of drug-likeness (QED) is 0.943. The fraction of sp³-hybridized carbons (Fsp3) is 0.286. The van der Waals surface area contributed by atoms with Gasteiger partial charge in [0.25, 0.3) is 5.91 Å². The summed E-state index contributed by atoms with van der Waals surface area (Å²) < 4.78 is 10.6. The summed E-state index contributed by atoms with van der Waals surface area (Å²) in [6.45, 7) is 4.55. The fourth-order valence-corrected chi connectivity index (χ4v) is 2.71. The van der Waals surface area contributed by atoms with Crippen LogP contribution in [0.3, 0.4) is 0 Å². The summed E-state index contributed by atoms with van der Waals surface area (Å²) in [6, 6.07) is 5.63. The number of rotatable bonds is 3. The molecule has 0 fully saturated rings. The summed E-state index contributed by atoms with van der Waals surface area (Å²) in [7, 11) is 0. The Morgan fingerprint density at radius 3 is 2.90 bits per heavy atom. The van der Waals surface area contributed by atoms with Crippen LogP contribution in [0.2, 0.25) is 0 Å². The summed E-state index contributed by atoms with van der Waals surface area (Å²) in [6.07, 6.45) is 0. The topological polar surface area (TPSA) is 60.5 Å². The van der Waals surface area contributed by atoms with Gasteiger partial charge in [-0.15, -0.1) is 11.3 Å². The zero-order valence-electron chi connectivity index (χ0n) is 11.2. The van der Waals surface area contributed by atoms with Crippen LogP contribution in [0.25, 0.3) is 0 Å². The molecule has 1 aromatic heterocycles. The molecule has 1 aliphatic heterocycles. The first-order valence-corrected chi connectivity index (χ1v) is 7.06. The molecule has 0 bridgehead atoms. The third-order valence-corrected chi connectivity index (χ3v) is 4.18. The van der Waals surface area contributed by atoms with Gasteiger partial charge < -0.3 is 14.8 Å². The van der Waals surface area contributed by atoms with Crippen molar-refractivity contribution in [3.05, 3.63) is 39.3 Å². The first-order valence-electron chi connectivity index (χ1n) is 6.24.